The number of rotatable bonds is 4. The number of halogens is 6. The van der Waals surface area contributed by atoms with E-state index in [1.54, 1.807) is 17.6 Å². The highest BCUT2D eigenvalue weighted by Crippen LogP contribution is 2.32. The topological polar surface area (TPSA) is 17.8 Å². The molecule has 0 bridgehead atoms. The van der Waals surface area contributed by atoms with Crippen molar-refractivity contribution >= 4 is 57.0 Å². The minimum Gasteiger partial charge on any atom is -0.326 e. The van der Waals surface area contributed by atoms with Gasteiger partial charge in [0.15, 0.2) is 0 Å². The number of aryl methyl sites for hydroxylation is 1. The lowest BCUT2D eigenvalue weighted by Gasteiger charge is -2.11. The number of aromatic nitrogens is 2. The van der Waals surface area contributed by atoms with Crippen LogP contribution >= 0.6 is 46.0 Å². The predicted octanol–water partition coefficient (Wildman–Crippen LogP) is 5.33. The molecule has 0 amide bonds. The van der Waals surface area contributed by atoms with Crippen molar-refractivity contribution in [1.29, 1.82) is 0 Å². The standard InChI is InChI=1S/C12H10ClF4IN2S/c1-6(13)11-19-9-5-8(18)7(14)4-10(9)20(11)2-3-21-12(15,16)17/h4-6H,2-3H2,1H3. The zero-order valence-electron chi connectivity index (χ0n) is 10.7. The summed E-state index contributed by atoms with van der Waals surface area (Å²) < 4.78 is 52.3. The Morgan fingerprint density at radius 3 is 2.67 bits per heavy atom. The fraction of sp³-hybridized carbons (Fsp3) is 0.417. The molecule has 9 heteroatoms. The first-order chi connectivity index (χ1) is 9.69. The molecule has 2 aromatic rings. The zero-order valence-corrected chi connectivity index (χ0v) is 14.4. The number of imidazole rings is 1. The van der Waals surface area contributed by atoms with Gasteiger partial charge in [-0.3, -0.25) is 0 Å². The molecule has 1 heterocycles. The van der Waals surface area contributed by atoms with Crippen LogP contribution in [-0.4, -0.2) is 20.8 Å². The molecule has 0 N–H and O–H groups in total. The Bertz CT molecular complexity index is 657. The van der Waals surface area contributed by atoms with Crippen molar-refractivity contribution in [3.63, 3.8) is 0 Å². The summed E-state index contributed by atoms with van der Waals surface area (Å²) in [7, 11) is 0. The summed E-state index contributed by atoms with van der Waals surface area (Å²) in [5.74, 6) is -0.170. The van der Waals surface area contributed by atoms with Crippen molar-refractivity contribution in [3.8, 4) is 0 Å². The van der Waals surface area contributed by atoms with Crippen LogP contribution < -0.4 is 0 Å². The van der Waals surface area contributed by atoms with Crippen LogP contribution in [0.1, 0.15) is 18.1 Å². The van der Waals surface area contributed by atoms with Crippen molar-refractivity contribution in [2.24, 2.45) is 0 Å². The molecule has 21 heavy (non-hydrogen) atoms. The molecular weight excluding hydrogens is 443 g/mol. The molecule has 0 saturated carbocycles. The lowest BCUT2D eigenvalue weighted by atomic mass is 10.3. The number of hydrogen-bond donors (Lipinski definition) is 0. The summed E-state index contributed by atoms with van der Waals surface area (Å²) >= 11 is 7.74. The van der Waals surface area contributed by atoms with Crippen LogP contribution in [0.25, 0.3) is 11.0 Å². The first-order valence-corrected chi connectivity index (χ1v) is 8.39. The second kappa shape index (κ2) is 6.49. The van der Waals surface area contributed by atoms with Crippen LogP contribution in [0.3, 0.4) is 0 Å². The molecule has 0 radical (unpaired) electrons. The fourth-order valence-corrected chi connectivity index (χ4v) is 3.05. The predicted molar refractivity (Wildman–Crippen MR) is 85.2 cm³/mol. The molecule has 116 valence electrons. The summed E-state index contributed by atoms with van der Waals surface area (Å²) in [6.07, 6.45) is 0. The van der Waals surface area contributed by atoms with Gasteiger partial charge in [0.1, 0.15) is 11.6 Å². The Morgan fingerprint density at radius 1 is 1.43 bits per heavy atom. The number of fused-ring (bicyclic) bond motifs is 1. The van der Waals surface area contributed by atoms with Crippen LogP contribution in [0, 0.1) is 9.39 Å². The maximum atomic E-state index is 13.7. The van der Waals surface area contributed by atoms with Gasteiger partial charge in [0.25, 0.3) is 0 Å². The first-order valence-electron chi connectivity index (χ1n) is 5.89. The molecule has 2 rings (SSSR count). The summed E-state index contributed by atoms with van der Waals surface area (Å²) in [6.45, 7) is 1.74. The highest BCUT2D eigenvalue weighted by molar-refractivity contribution is 14.1. The molecule has 0 aliphatic heterocycles. The molecular formula is C12H10ClF4IN2S. The van der Waals surface area contributed by atoms with Gasteiger partial charge in [0, 0.05) is 18.4 Å². The van der Waals surface area contributed by atoms with Crippen LogP contribution in [0.5, 0.6) is 0 Å². The average Bonchev–Trinajstić information content (AvgIpc) is 2.67. The lowest BCUT2D eigenvalue weighted by Crippen LogP contribution is -2.10. The van der Waals surface area contributed by atoms with Crippen molar-refractivity contribution in [1.82, 2.24) is 9.55 Å². The van der Waals surface area contributed by atoms with Crippen molar-refractivity contribution in [2.45, 2.75) is 24.4 Å². The quantitative estimate of drug-likeness (QED) is 0.354. The van der Waals surface area contributed by atoms with E-state index in [0.29, 0.717) is 20.4 Å². The van der Waals surface area contributed by atoms with Crippen molar-refractivity contribution in [3.05, 3.63) is 27.3 Å². The maximum Gasteiger partial charge on any atom is 0.441 e. The van der Waals surface area contributed by atoms with Crippen LogP contribution in [0.4, 0.5) is 17.6 Å². The van der Waals surface area contributed by atoms with E-state index in [-0.39, 0.29) is 24.1 Å². The second-order valence-electron chi connectivity index (χ2n) is 4.29. The molecule has 0 fully saturated rings. The molecule has 0 saturated heterocycles. The Morgan fingerprint density at radius 2 is 2.10 bits per heavy atom. The number of alkyl halides is 4. The summed E-state index contributed by atoms with van der Waals surface area (Å²) in [5.41, 5.74) is -3.30. The molecule has 1 unspecified atom stereocenters. The van der Waals surface area contributed by atoms with Gasteiger partial charge in [-0.2, -0.15) is 13.2 Å². The van der Waals surface area contributed by atoms with Crippen LogP contribution in [-0.2, 0) is 6.54 Å². The van der Waals surface area contributed by atoms with E-state index in [1.807, 2.05) is 22.6 Å². The van der Waals surface area contributed by atoms with Crippen LogP contribution in [0.15, 0.2) is 12.1 Å². The third-order valence-electron chi connectivity index (χ3n) is 2.76. The first kappa shape index (κ1) is 17.1. The van der Waals surface area contributed by atoms with Crippen molar-refractivity contribution in [2.75, 3.05) is 5.75 Å². The summed E-state index contributed by atoms with van der Waals surface area (Å²) in [4.78, 5) is 4.30. The summed E-state index contributed by atoms with van der Waals surface area (Å²) in [6, 6.07) is 2.84. The molecule has 1 atom stereocenters. The SMILES string of the molecule is CC(Cl)c1nc2cc(I)c(F)cc2n1CCSC(F)(F)F. The van der Waals surface area contributed by atoms with E-state index in [1.165, 1.54) is 6.07 Å². The highest BCUT2D eigenvalue weighted by atomic mass is 127. The van der Waals surface area contributed by atoms with Gasteiger partial charge in [-0.05, 0) is 47.3 Å². The maximum absolute atomic E-state index is 13.7. The molecule has 1 aromatic heterocycles. The van der Waals surface area contributed by atoms with E-state index in [2.05, 4.69) is 4.98 Å². The van der Waals surface area contributed by atoms with Gasteiger partial charge in [-0.25, -0.2) is 9.37 Å². The molecule has 0 aliphatic carbocycles. The lowest BCUT2D eigenvalue weighted by molar-refractivity contribution is -0.0328. The minimum absolute atomic E-state index is 0.0626. The molecule has 2 nitrogen and oxygen atoms in total. The van der Waals surface area contributed by atoms with E-state index in [0.717, 1.165) is 0 Å². The molecule has 1 aromatic carbocycles. The van der Waals surface area contributed by atoms with Crippen LogP contribution in [0.2, 0.25) is 0 Å². The van der Waals surface area contributed by atoms with Gasteiger partial charge < -0.3 is 4.57 Å². The zero-order chi connectivity index (χ0) is 15.8. The largest absolute Gasteiger partial charge is 0.441 e. The van der Waals surface area contributed by atoms with Gasteiger partial charge in [-0.1, -0.05) is 0 Å². The highest BCUT2D eigenvalue weighted by Gasteiger charge is 2.28. The summed E-state index contributed by atoms with van der Waals surface area (Å²) in [5, 5.41) is -0.478. The third-order valence-corrected chi connectivity index (χ3v) is 4.49. The molecule has 0 aliphatic rings. The number of hydrogen-bond acceptors (Lipinski definition) is 2. The Kier molecular flexibility index (Phi) is 5.30. The number of benzene rings is 1. The third kappa shape index (κ3) is 4.16. The normalized spacial score (nSPS) is 13.9. The smallest absolute Gasteiger partial charge is 0.326 e. The van der Waals surface area contributed by atoms with E-state index < -0.39 is 16.7 Å². The van der Waals surface area contributed by atoms with Gasteiger partial charge >= 0.3 is 5.51 Å². The Hall–Kier alpha value is -0.220. The molecule has 0 spiro atoms. The Labute approximate surface area is 141 Å². The van der Waals surface area contributed by atoms with E-state index in [9.17, 15) is 17.6 Å². The van der Waals surface area contributed by atoms with E-state index in [4.69, 9.17) is 11.6 Å². The van der Waals surface area contributed by atoms with Gasteiger partial charge in [-0.15, -0.1) is 11.6 Å². The number of nitrogens with zero attached hydrogens (tertiary/aromatic N) is 2. The van der Waals surface area contributed by atoms with Crippen molar-refractivity contribution < 1.29 is 17.6 Å². The number of thioether (sulfide) groups is 1. The van der Waals surface area contributed by atoms with Gasteiger partial charge in [0.05, 0.1) is 20.0 Å². The second-order valence-corrected chi connectivity index (χ2v) is 7.26. The van der Waals surface area contributed by atoms with Gasteiger partial charge in [0.2, 0.25) is 0 Å². The monoisotopic (exact) mass is 452 g/mol. The fourth-order valence-electron chi connectivity index (χ4n) is 1.93. The Balaban J connectivity index is 2.39. The van der Waals surface area contributed by atoms with E-state index >= 15 is 0 Å². The average molecular weight is 453 g/mol. The minimum atomic E-state index is -4.29.